The second kappa shape index (κ2) is 6.10. The average molecular weight is 317 g/mol. The highest BCUT2D eigenvalue weighted by molar-refractivity contribution is 5.58. The monoisotopic (exact) mass is 317 g/mol. The summed E-state index contributed by atoms with van der Waals surface area (Å²) in [7, 11) is 0. The highest BCUT2D eigenvalue weighted by atomic mass is 19.4. The Morgan fingerprint density at radius 1 is 1.18 bits per heavy atom. The van der Waals surface area contributed by atoms with Gasteiger partial charge in [-0.3, -0.25) is 4.98 Å². The maximum atomic E-state index is 13.8. The second-order valence-corrected chi connectivity index (χ2v) is 4.24. The molecule has 118 valence electrons. The SMILES string of the molecule is C[C@H](Oc1ncc(-c2cnc(NN)cn2)cc1F)C(F)(F)F. The first-order valence-corrected chi connectivity index (χ1v) is 5.99. The van der Waals surface area contributed by atoms with Crippen LogP contribution in [-0.2, 0) is 0 Å². The van der Waals surface area contributed by atoms with E-state index in [1.54, 1.807) is 0 Å². The molecule has 0 spiro atoms. The second-order valence-electron chi connectivity index (χ2n) is 4.24. The minimum absolute atomic E-state index is 0.237. The molecule has 1 atom stereocenters. The number of nitrogens with one attached hydrogen (secondary N) is 1. The van der Waals surface area contributed by atoms with Crippen molar-refractivity contribution in [3.63, 3.8) is 0 Å². The Bertz CT molecular complexity index is 647. The summed E-state index contributed by atoms with van der Waals surface area (Å²) in [5.41, 5.74) is 2.79. The van der Waals surface area contributed by atoms with Crippen molar-refractivity contribution in [3.05, 3.63) is 30.5 Å². The normalized spacial score (nSPS) is 12.8. The number of pyridine rings is 1. The number of nitrogens with two attached hydrogens (primary N) is 1. The molecule has 0 bridgehead atoms. The van der Waals surface area contributed by atoms with Crippen molar-refractivity contribution >= 4 is 5.82 Å². The predicted octanol–water partition coefficient (Wildman–Crippen LogP) is 2.29. The van der Waals surface area contributed by atoms with E-state index in [-0.39, 0.29) is 11.3 Å². The summed E-state index contributed by atoms with van der Waals surface area (Å²) in [6.45, 7) is 0.763. The smallest absolute Gasteiger partial charge is 0.425 e. The van der Waals surface area contributed by atoms with Gasteiger partial charge in [-0.2, -0.15) is 13.2 Å². The van der Waals surface area contributed by atoms with Crippen LogP contribution in [0, 0.1) is 5.82 Å². The zero-order valence-electron chi connectivity index (χ0n) is 11.2. The maximum Gasteiger partial charge on any atom is 0.425 e. The topological polar surface area (TPSA) is 86.0 Å². The van der Waals surface area contributed by atoms with Crippen LogP contribution in [-0.4, -0.2) is 27.2 Å². The van der Waals surface area contributed by atoms with Gasteiger partial charge in [-0.05, 0) is 13.0 Å². The van der Waals surface area contributed by atoms with Crippen LogP contribution >= 0.6 is 0 Å². The van der Waals surface area contributed by atoms with Gasteiger partial charge in [0, 0.05) is 11.8 Å². The number of hydrogen-bond acceptors (Lipinski definition) is 6. The summed E-state index contributed by atoms with van der Waals surface area (Å²) in [5, 5.41) is 0. The molecular weight excluding hydrogens is 306 g/mol. The van der Waals surface area contributed by atoms with Crippen molar-refractivity contribution in [3.8, 4) is 17.1 Å². The number of nitrogen functional groups attached to an aromatic ring is 1. The minimum Gasteiger partial charge on any atom is -0.463 e. The first kappa shape index (κ1) is 15.9. The molecule has 0 amide bonds. The van der Waals surface area contributed by atoms with Gasteiger partial charge in [-0.15, -0.1) is 0 Å². The van der Waals surface area contributed by atoms with Crippen molar-refractivity contribution in [2.24, 2.45) is 5.84 Å². The molecule has 0 aromatic carbocycles. The van der Waals surface area contributed by atoms with Crippen LogP contribution in [0.4, 0.5) is 23.4 Å². The molecule has 0 unspecified atom stereocenters. The van der Waals surface area contributed by atoms with E-state index in [1.165, 1.54) is 12.4 Å². The lowest BCUT2D eigenvalue weighted by Gasteiger charge is -2.17. The molecule has 2 aromatic heterocycles. The fourth-order valence-corrected chi connectivity index (χ4v) is 1.44. The average Bonchev–Trinajstić information content (AvgIpc) is 2.48. The molecule has 0 fully saturated rings. The zero-order valence-corrected chi connectivity index (χ0v) is 11.2. The molecular formula is C12H11F4N5O. The Balaban J connectivity index is 2.22. The predicted molar refractivity (Wildman–Crippen MR) is 69.2 cm³/mol. The third-order valence-electron chi connectivity index (χ3n) is 2.65. The molecule has 0 radical (unpaired) electrons. The first-order valence-electron chi connectivity index (χ1n) is 5.99. The quantitative estimate of drug-likeness (QED) is 0.511. The number of nitrogens with zero attached hydrogens (tertiary/aromatic N) is 3. The van der Waals surface area contributed by atoms with Crippen molar-refractivity contribution in [2.45, 2.75) is 19.2 Å². The van der Waals surface area contributed by atoms with E-state index >= 15 is 0 Å². The fraction of sp³-hybridized carbons (Fsp3) is 0.250. The van der Waals surface area contributed by atoms with E-state index in [0.29, 0.717) is 5.82 Å². The van der Waals surface area contributed by atoms with Crippen molar-refractivity contribution in [2.75, 3.05) is 5.43 Å². The zero-order chi connectivity index (χ0) is 16.3. The van der Waals surface area contributed by atoms with E-state index in [2.05, 4.69) is 25.1 Å². The van der Waals surface area contributed by atoms with Gasteiger partial charge in [0.2, 0.25) is 0 Å². The molecule has 2 rings (SSSR count). The van der Waals surface area contributed by atoms with Gasteiger partial charge in [0.1, 0.15) is 0 Å². The van der Waals surface area contributed by atoms with E-state index in [1.807, 2.05) is 0 Å². The third kappa shape index (κ3) is 3.58. The van der Waals surface area contributed by atoms with E-state index < -0.39 is 24.0 Å². The molecule has 0 aliphatic rings. The number of aromatic nitrogens is 3. The largest absolute Gasteiger partial charge is 0.463 e. The highest BCUT2D eigenvalue weighted by Gasteiger charge is 2.38. The molecule has 0 saturated carbocycles. The van der Waals surface area contributed by atoms with Crippen molar-refractivity contribution < 1.29 is 22.3 Å². The van der Waals surface area contributed by atoms with Crippen LogP contribution in [0.5, 0.6) is 5.88 Å². The fourth-order valence-electron chi connectivity index (χ4n) is 1.44. The number of halogens is 4. The highest BCUT2D eigenvalue weighted by Crippen LogP contribution is 2.27. The van der Waals surface area contributed by atoms with Gasteiger partial charge in [0.05, 0.1) is 18.1 Å². The third-order valence-corrected chi connectivity index (χ3v) is 2.65. The standard InChI is InChI=1S/C12H11F4N5O/c1-6(12(14,15)16)22-11-8(13)2-7(3-20-11)9-4-19-10(21-17)5-18-9/h2-6H,17H2,1H3,(H,19,21)/t6-/m0/s1. The number of hydrazine groups is 1. The van der Waals surface area contributed by atoms with Crippen LogP contribution in [0.1, 0.15) is 6.92 Å². The minimum atomic E-state index is -4.61. The molecule has 10 heteroatoms. The van der Waals surface area contributed by atoms with E-state index in [9.17, 15) is 17.6 Å². The molecule has 22 heavy (non-hydrogen) atoms. The Kier molecular flexibility index (Phi) is 4.40. The molecule has 3 N–H and O–H groups in total. The molecule has 0 aliphatic heterocycles. The number of ether oxygens (including phenoxy) is 1. The number of rotatable bonds is 4. The van der Waals surface area contributed by atoms with Gasteiger partial charge in [-0.1, -0.05) is 0 Å². The summed E-state index contributed by atoms with van der Waals surface area (Å²) in [4.78, 5) is 11.4. The van der Waals surface area contributed by atoms with Gasteiger partial charge in [-0.25, -0.2) is 20.2 Å². The maximum absolute atomic E-state index is 13.8. The molecule has 2 heterocycles. The van der Waals surface area contributed by atoms with E-state index in [4.69, 9.17) is 5.84 Å². The number of anilines is 1. The Hall–Kier alpha value is -2.49. The summed E-state index contributed by atoms with van der Waals surface area (Å²) < 4.78 is 55.4. The summed E-state index contributed by atoms with van der Waals surface area (Å²) in [6, 6.07) is 0.963. The van der Waals surface area contributed by atoms with Gasteiger partial charge < -0.3 is 10.2 Å². The number of hydrogen-bond donors (Lipinski definition) is 2. The van der Waals surface area contributed by atoms with Gasteiger partial charge in [0.25, 0.3) is 5.88 Å². The van der Waals surface area contributed by atoms with Gasteiger partial charge in [0.15, 0.2) is 17.7 Å². The Morgan fingerprint density at radius 2 is 1.91 bits per heavy atom. The lowest BCUT2D eigenvalue weighted by molar-refractivity contribution is -0.190. The lowest BCUT2D eigenvalue weighted by Crippen LogP contribution is -2.31. The van der Waals surface area contributed by atoms with Crippen LogP contribution in [0.2, 0.25) is 0 Å². The Labute approximate surface area is 122 Å². The number of alkyl halides is 3. The van der Waals surface area contributed by atoms with Crippen molar-refractivity contribution in [1.82, 2.24) is 15.0 Å². The summed E-state index contributed by atoms with van der Waals surface area (Å²) in [5.74, 6) is 3.67. The molecule has 6 nitrogen and oxygen atoms in total. The van der Waals surface area contributed by atoms with Crippen LogP contribution in [0.15, 0.2) is 24.7 Å². The van der Waals surface area contributed by atoms with Crippen LogP contribution in [0.25, 0.3) is 11.3 Å². The Morgan fingerprint density at radius 3 is 2.41 bits per heavy atom. The van der Waals surface area contributed by atoms with Crippen molar-refractivity contribution in [1.29, 1.82) is 0 Å². The van der Waals surface area contributed by atoms with E-state index in [0.717, 1.165) is 19.2 Å². The molecule has 0 saturated heterocycles. The summed E-state index contributed by atoms with van der Waals surface area (Å²) >= 11 is 0. The van der Waals surface area contributed by atoms with Crippen LogP contribution in [0.3, 0.4) is 0 Å². The molecule has 0 aliphatic carbocycles. The lowest BCUT2D eigenvalue weighted by atomic mass is 10.2. The molecule has 2 aromatic rings. The summed E-state index contributed by atoms with van der Waals surface area (Å²) in [6.07, 6.45) is -3.02. The van der Waals surface area contributed by atoms with Gasteiger partial charge >= 0.3 is 6.18 Å². The van der Waals surface area contributed by atoms with Crippen LogP contribution < -0.4 is 16.0 Å². The first-order chi connectivity index (χ1) is 10.3.